The number of anilines is 1. The lowest BCUT2D eigenvalue weighted by Gasteiger charge is -2.08. The summed E-state index contributed by atoms with van der Waals surface area (Å²) in [5.74, 6) is -0.215. The Hall–Kier alpha value is -3.27. The quantitative estimate of drug-likeness (QED) is 0.700. The fraction of sp³-hybridized carbons (Fsp3) is 0. The molecule has 0 radical (unpaired) electrons. The minimum Gasteiger partial charge on any atom is -0.399 e. The molecule has 0 aliphatic carbocycles. The lowest BCUT2D eigenvalue weighted by Crippen LogP contribution is -1.93. The highest BCUT2D eigenvalue weighted by Gasteiger charge is 2.13. The molecule has 21 heavy (non-hydrogen) atoms. The van der Waals surface area contributed by atoms with E-state index in [-0.39, 0.29) is 5.56 Å². The van der Waals surface area contributed by atoms with Gasteiger partial charge in [0.05, 0.1) is 5.56 Å². The Balaban J connectivity index is 2.19. The molecular weight excluding hydrogens is 271 g/mol. The average Bonchev–Trinajstić information content (AvgIpc) is 3.01. The molecular formula is C14H9FN6. The zero-order valence-electron chi connectivity index (χ0n) is 10.7. The van der Waals surface area contributed by atoms with Crippen molar-refractivity contribution in [1.82, 2.24) is 20.6 Å². The Morgan fingerprint density at radius 1 is 1.14 bits per heavy atom. The van der Waals surface area contributed by atoms with E-state index in [4.69, 9.17) is 11.0 Å². The summed E-state index contributed by atoms with van der Waals surface area (Å²) < 4.78 is 13.8. The van der Waals surface area contributed by atoms with Crippen molar-refractivity contribution < 1.29 is 4.39 Å². The van der Waals surface area contributed by atoms with Gasteiger partial charge in [0.25, 0.3) is 0 Å². The number of nitrogens with one attached hydrogen (secondary N) is 1. The van der Waals surface area contributed by atoms with Gasteiger partial charge in [-0.2, -0.15) is 10.5 Å². The maximum Gasteiger partial charge on any atom is 0.205 e. The largest absolute Gasteiger partial charge is 0.399 e. The Morgan fingerprint density at radius 3 is 2.67 bits per heavy atom. The molecule has 3 aromatic rings. The number of benzene rings is 2. The van der Waals surface area contributed by atoms with Crippen molar-refractivity contribution in [3.05, 3.63) is 47.8 Å². The minimum atomic E-state index is -0.578. The van der Waals surface area contributed by atoms with Gasteiger partial charge in [-0.1, -0.05) is 12.1 Å². The summed E-state index contributed by atoms with van der Waals surface area (Å²) in [4.78, 5) is 0. The van der Waals surface area contributed by atoms with Gasteiger partial charge in [0.2, 0.25) is 5.82 Å². The SMILES string of the molecule is N#Cc1ccc(-c2ccc(N)cc2-c2nn[nH]n2)cc1F. The Labute approximate surface area is 119 Å². The normalized spacial score (nSPS) is 10.3. The predicted molar refractivity (Wildman–Crippen MR) is 74.1 cm³/mol. The van der Waals surface area contributed by atoms with Gasteiger partial charge in [-0.05, 0) is 40.6 Å². The van der Waals surface area contributed by atoms with Crippen LogP contribution in [-0.2, 0) is 0 Å². The van der Waals surface area contributed by atoms with Crippen LogP contribution in [0.4, 0.5) is 10.1 Å². The van der Waals surface area contributed by atoms with Crippen LogP contribution in [0.3, 0.4) is 0 Å². The molecule has 0 aliphatic heterocycles. The number of tetrazole rings is 1. The predicted octanol–water partition coefficient (Wildman–Crippen LogP) is 2.13. The van der Waals surface area contributed by atoms with E-state index in [0.717, 1.165) is 0 Å². The van der Waals surface area contributed by atoms with Crippen LogP contribution >= 0.6 is 0 Å². The second-order valence-electron chi connectivity index (χ2n) is 4.35. The van der Waals surface area contributed by atoms with Crippen LogP contribution in [0.2, 0.25) is 0 Å². The van der Waals surface area contributed by atoms with E-state index in [9.17, 15) is 4.39 Å². The van der Waals surface area contributed by atoms with Gasteiger partial charge in [0.15, 0.2) is 0 Å². The zero-order valence-corrected chi connectivity index (χ0v) is 10.7. The van der Waals surface area contributed by atoms with Gasteiger partial charge in [-0.3, -0.25) is 0 Å². The van der Waals surface area contributed by atoms with E-state index in [2.05, 4.69) is 20.6 Å². The van der Waals surface area contributed by atoms with Crippen molar-refractivity contribution in [2.24, 2.45) is 0 Å². The molecule has 102 valence electrons. The van der Waals surface area contributed by atoms with Gasteiger partial charge in [-0.25, -0.2) is 4.39 Å². The maximum absolute atomic E-state index is 13.8. The summed E-state index contributed by atoms with van der Waals surface area (Å²) in [6.07, 6.45) is 0. The highest BCUT2D eigenvalue weighted by molar-refractivity contribution is 5.82. The van der Waals surface area contributed by atoms with Gasteiger partial charge in [0.1, 0.15) is 11.9 Å². The molecule has 2 aromatic carbocycles. The molecule has 0 unspecified atom stereocenters. The molecule has 7 heteroatoms. The maximum atomic E-state index is 13.8. The number of nitrogens with two attached hydrogens (primary N) is 1. The van der Waals surface area contributed by atoms with E-state index in [1.807, 2.05) is 0 Å². The van der Waals surface area contributed by atoms with Crippen molar-refractivity contribution in [1.29, 1.82) is 5.26 Å². The molecule has 1 heterocycles. The fourth-order valence-corrected chi connectivity index (χ4v) is 2.05. The smallest absolute Gasteiger partial charge is 0.205 e. The number of H-pyrrole nitrogens is 1. The minimum absolute atomic E-state index is 0.00435. The standard InChI is InChI=1S/C14H9FN6/c15-13-5-8(1-2-9(13)7-16)11-4-3-10(17)6-12(11)14-18-20-21-19-14/h1-6H,17H2,(H,18,19,20,21). The molecule has 1 aromatic heterocycles. The first-order valence-electron chi connectivity index (χ1n) is 6.02. The van der Waals surface area contributed by atoms with E-state index >= 15 is 0 Å². The van der Waals surface area contributed by atoms with Gasteiger partial charge in [0, 0.05) is 11.3 Å². The molecule has 0 fully saturated rings. The van der Waals surface area contributed by atoms with Crippen LogP contribution in [0.15, 0.2) is 36.4 Å². The van der Waals surface area contributed by atoms with E-state index in [0.29, 0.717) is 28.2 Å². The number of halogens is 1. The van der Waals surface area contributed by atoms with E-state index < -0.39 is 5.82 Å². The number of aromatic amines is 1. The monoisotopic (exact) mass is 280 g/mol. The summed E-state index contributed by atoms with van der Waals surface area (Å²) in [6, 6.07) is 11.3. The first kappa shape index (κ1) is 12.7. The topological polar surface area (TPSA) is 104 Å². The summed E-state index contributed by atoms with van der Waals surface area (Å²) >= 11 is 0. The van der Waals surface area contributed by atoms with Crippen molar-refractivity contribution in [2.45, 2.75) is 0 Å². The van der Waals surface area contributed by atoms with Crippen molar-refractivity contribution in [3.63, 3.8) is 0 Å². The number of hydrogen-bond donors (Lipinski definition) is 2. The van der Waals surface area contributed by atoms with E-state index in [1.54, 1.807) is 30.3 Å². The molecule has 3 N–H and O–H groups in total. The van der Waals surface area contributed by atoms with Crippen LogP contribution in [0.25, 0.3) is 22.5 Å². The second-order valence-corrected chi connectivity index (χ2v) is 4.35. The summed E-state index contributed by atoms with van der Waals surface area (Å²) in [5.41, 5.74) is 8.25. The third-order valence-corrected chi connectivity index (χ3v) is 3.03. The number of rotatable bonds is 2. The second kappa shape index (κ2) is 5.02. The first-order valence-corrected chi connectivity index (χ1v) is 6.02. The third-order valence-electron chi connectivity index (χ3n) is 3.03. The molecule has 0 saturated heterocycles. The molecule has 0 aliphatic rings. The van der Waals surface area contributed by atoms with Gasteiger partial charge >= 0.3 is 0 Å². The van der Waals surface area contributed by atoms with Crippen LogP contribution in [-0.4, -0.2) is 20.6 Å². The van der Waals surface area contributed by atoms with Crippen LogP contribution in [0.5, 0.6) is 0 Å². The van der Waals surface area contributed by atoms with E-state index in [1.165, 1.54) is 12.1 Å². The number of nitriles is 1. The zero-order chi connectivity index (χ0) is 14.8. The van der Waals surface area contributed by atoms with Crippen LogP contribution < -0.4 is 5.73 Å². The van der Waals surface area contributed by atoms with Crippen molar-refractivity contribution in [3.8, 4) is 28.6 Å². The molecule has 0 spiro atoms. The third kappa shape index (κ3) is 2.30. The lowest BCUT2D eigenvalue weighted by atomic mass is 9.97. The molecule has 6 nitrogen and oxygen atoms in total. The molecule has 0 atom stereocenters. The Morgan fingerprint density at radius 2 is 2.00 bits per heavy atom. The summed E-state index contributed by atoms with van der Waals surface area (Å²) in [6.45, 7) is 0. The first-order chi connectivity index (χ1) is 10.2. The van der Waals surface area contributed by atoms with Crippen molar-refractivity contribution in [2.75, 3.05) is 5.73 Å². The molecule has 0 amide bonds. The lowest BCUT2D eigenvalue weighted by molar-refractivity contribution is 0.624. The molecule has 3 rings (SSSR count). The number of aromatic nitrogens is 4. The number of nitrogen functional groups attached to an aromatic ring is 1. The van der Waals surface area contributed by atoms with Crippen LogP contribution in [0.1, 0.15) is 5.56 Å². The number of hydrogen-bond acceptors (Lipinski definition) is 5. The molecule has 0 bridgehead atoms. The highest BCUT2D eigenvalue weighted by Crippen LogP contribution is 2.32. The Kier molecular flexibility index (Phi) is 3.04. The fourth-order valence-electron chi connectivity index (χ4n) is 2.05. The molecule has 0 saturated carbocycles. The van der Waals surface area contributed by atoms with Crippen LogP contribution in [0, 0.1) is 17.1 Å². The van der Waals surface area contributed by atoms with Crippen molar-refractivity contribution >= 4 is 5.69 Å². The summed E-state index contributed by atoms with van der Waals surface area (Å²) in [7, 11) is 0. The Bertz CT molecular complexity index is 835. The van der Waals surface area contributed by atoms with Gasteiger partial charge in [-0.15, -0.1) is 10.2 Å². The highest BCUT2D eigenvalue weighted by atomic mass is 19.1. The number of nitrogens with zero attached hydrogens (tertiary/aromatic N) is 4. The summed E-state index contributed by atoms with van der Waals surface area (Å²) in [5, 5.41) is 22.5. The van der Waals surface area contributed by atoms with Gasteiger partial charge < -0.3 is 5.73 Å². The average molecular weight is 280 g/mol.